The van der Waals surface area contributed by atoms with E-state index in [9.17, 15) is 0 Å². The van der Waals surface area contributed by atoms with Crippen molar-refractivity contribution in [2.24, 2.45) is 0 Å². The first-order chi connectivity index (χ1) is 6.27. The summed E-state index contributed by atoms with van der Waals surface area (Å²) >= 11 is 0. The van der Waals surface area contributed by atoms with Crippen LogP contribution in [-0.4, -0.2) is 15.4 Å². The normalized spacial score (nSPS) is 11.0. The van der Waals surface area contributed by atoms with Crippen molar-refractivity contribution in [1.29, 1.82) is 0 Å². The molecule has 0 N–H and O–H groups in total. The first kappa shape index (κ1) is 8.10. The second kappa shape index (κ2) is 3.09. The van der Waals surface area contributed by atoms with Crippen LogP contribution in [0.1, 0.15) is 25.3 Å². The first-order valence-corrected chi connectivity index (χ1v) is 4.35. The molecule has 2 aromatic rings. The Bertz CT molecular complexity index is 423. The van der Waals surface area contributed by atoms with Gasteiger partial charge >= 0.3 is 0 Å². The first-order valence-electron chi connectivity index (χ1n) is 4.35. The molecule has 0 fully saturated rings. The minimum atomic E-state index is 0.539. The summed E-state index contributed by atoms with van der Waals surface area (Å²) in [6, 6.07) is 6.18. The Balaban J connectivity index is 2.62. The lowest BCUT2D eigenvalue weighted by Gasteiger charge is -2.04. The molecule has 0 saturated heterocycles. The van der Waals surface area contributed by atoms with E-state index in [1.807, 2.05) is 6.07 Å². The monoisotopic (exact) mass is 173 g/mol. The molecular formula is C10H11N3. The molecule has 0 aliphatic rings. The average molecular weight is 173 g/mol. The third-order valence-corrected chi connectivity index (χ3v) is 2.12. The molecule has 1 heterocycles. The number of hydrogen-bond donors (Lipinski definition) is 0. The van der Waals surface area contributed by atoms with Crippen LogP contribution in [0, 0.1) is 0 Å². The molecule has 13 heavy (non-hydrogen) atoms. The van der Waals surface area contributed by atoms with Crippen LogP contribution in [0.2, 0.25) is 0 Å². The quantitative estimate of drug-likeness (QED) is 0.663. The Morgan fingerprint density at radius 2 is 2.08 bits per heavy atom. The third kappa shape index (κ3) is 1.49. The largest absolute Gasteiger partial charge is 0.138 e. The Morgan fingerprint density at radius 1 is 1.23 bits per heavy atom. The molecule has 0 atom stereocenters. The van der Waals surface area contributed by atoms with Crippen LogP contribution in [0.5, 0.6) is 0 Å². The van der Waals surface area contributed by atoms with E-state index < -0.39 is 0 Å². The lowest BCUT2D eigenvalue weighted by Crippen LogP contribution is -1.90. The van der Waals surface area contributed by atoms with E-state index in [0.29, 0.717) is 5.92 Å². The second-order valence-electron chi connectivity index (χ2n) is 3.41. The zero-order valence-corrected chi connectivity index (χ0v) is 7.73. The van der Waals surface area contributed by atoms with Gasteiger partial charge in [-0.3, -0.25) is 0 Å². The second-order valence-corrected chi connectivity index (χ2v) is 3.41. The van der Waals surface area contributed by atoms with Crippen LogP contribution in [0.3, 0.4) is 0 Å². The summed E-state index contributed by atoms with van der Waals surface area (Å²) in [5, 5.41) is 12.3. The van der Waals surface area contributed by atoms with Gasteiger partial charge in [-0.15, -0.1) is 10.2 Å². The van der Waals surface area contributed by atoms with Gasteiger partial charge in [-0.25, -0.2) is 0 Å². The molecule has 66 valence electrons. The molecule has 3 heteroatoms. The van der Waals surface area contributed by atoms with Crippen molar-refractivity contribution in [3.63, 3.8) is 0 Å². The summed E-state index contributed by atoms with van der Waals surface area (Å²) in [5.41, 5.74) is 2.21. The summed E-state index contributed by atoms with van der Waals surface area (Å²) < 4.78 is 0. The van der Waals surface area contributed by atoms with Crippen LogP contribution in [-0.2, 0) is 0 Å². The lowest BCUT2D eigenvalue weighted by atomic mass is 10.0. The molecule has 1 aromatic heterocycles. The fraction of sp³-hybridized carbons (Fsp3) is 0.300. The van der Waals surface area contributed by atoms with Gasteiger partial charge in [0.05, 0.1) is 11.7 Å². The third-order valence-electron chi connectivity index (χ3n) is 2.12. The highest BCUT2D eigenvalue weighted by Crippen LogP contribution is 2.18. The van der Waals surface area contributed by atoms with Gasteiger partial charge in [0.15, 0.2) is 0 Å². The van der Waals surface area contributed by atoms with Crippen LogP contribution in [0.25, 0.3) is 10.9 Å². The van der Waals surface area contributed by atoms with Gasteiger partial charge in [-0.1, -0.05) is 19.9 Å². The highest BCUT2D eigenvalue weighted by atomic mass is 15.3. The van der Waals surface area contributed by atoms with E-state index >= 15 is 0 Å². The van der Waals surface area contributed by atoms with Gasteiger partial charge in [0, 0.05) is 5.39 Å². The van der Waals surface area contributed by atoms with Gasteiger partial charge in [0.2, 0.25) is 0 Å². The van der Waals surface area contributed by atoms with Crippen molar-refractivity contribution < 1.29 is 0 Å². The predicted octanol–water partition coefficient (Wildman–Crippen LogP) is 2.15. The Kier molecular flexibility index (Phi) is 1.93. The zero-order valence-electron chi connectivity index (χ0n) is 7.73. The van der Waals surface area contributed by atoms with Crippen LogP contribution in [0.4, 0.5) is 0 Å². The molecule has 2 rings (SSSR count). The average Bonchev–Trinajstić information content (AvgIpc) is 2.17. The maximum absolute atomic E-state index is 3.92. The van der Waals surface area contributed by atoms with Crippen molar-refractivity contribution in [3.05, 3.63) is 30.0 Å². The van der Waals surface area contributed by atoms with Crippen molar-refractivity contribution in [2.45, 2.75) is 19.8 Å². The fourth-order valence-corrected chi connectivity index (χ4v) is 1.29. The number of aromatic nitrogens is 3. The van der Waals surface area contributed by atoms with Crippen molar-refractivity contribution in [1.82, 2.24) is 15.4 Å². The Morgan fingerprint density at radius 3 is 2.85 bits per heavy atom. The molecule has 1 aromatic carbocycles. The minimum Gasteiger partial charge on any atom is -0.138 e. The van der Waals surface area contributed by atoms with Gasteiger partial charge < -0.3 is 0 Å². The molecule has 3 nitrogen and oxygen atoms in total. The van der Waals surface area contributed by atoms with E-state index in [2.05, 4.69) is 41.4 Å². The summed E-state index contributed by atoms with van der Waals surface area (Å²) in [5.74, 6) is 0.539. The zero-order chi connectivity index (χ0) is 9.26. The van der Waals surface area contributed by atoms with E-state index in [1.54, 1.807) is 6.20 Å². The summed E-state index contributed by atoms with van der Waals surface area (Å²) in [6.45, 7) is 4.34. The van der Waals surface area contributed by atoms with E-state index in [0.717, 1.165) is 10.9 Å². The van der Waals surface area contributed by atoms with E-state index in [1.165, 1.54) is 5.56 Å². The van der Waals surface area contributed by atoms with Gasteiger partial charge in [0.25, 0.3) is 0 Å². The topological polar surface area (TPSA) is 38.7 Å². The van der Waals surface area contributed by atoms with Crippen molar-refractivity contribution in [3.8, 4) is 0 Å². The number of hydrogen-bond acceptors (Lipinski definition) is 3. The molecule has 0 aliphatic carbocycles. The molecule has 0 radical (unpaired) electrons. The smallest absolute Gasteiger partial charge is 0.0963 e. The molecule has 0 bridgehead atoms. The van der Waals surface area contributed by atoms with Gasteiger partial charge in [0.1, 0.15) is 0 Å². The Labute approximate surface area is 76.8 Å². The number of nitrogens with zero attached hydrogens (tertiary/aromatic N) is 3. The van der Waals surface area contributed by atoms with Crippen LogP contribution in [0.15, 0.2) is 24.4 Å². The predicted molar refractivity (Wildman–Crippen MR) is 51.4 cm³/mol. The minimum absolute atomic E-state index is 0.539. The molecule has 0 aliphatic heterocycles. The molecular weight excluding hydrogens is 162 g/mol. The summed E-state index contributed by atoms with van der Waals surface area (Å²) in [6.07, 6.45) is 1.74. The van der Waals surface area contributed by atoms with Gasteiger partial charge in [-0.05, 0) is 28.8 Å². The molecule has 0 saturated carbocycles. The van der Waals surface area contributed by atoms with Crippen molar-refractivity contribution in [2.75, 3.05) is 0 Å². The van der Waals surface area contributed by atoms with Crippen LogP contribution >= 0.6 is 0 Å². The fourth-order valence-electron chi connectivity index (χ4n) is 1.29. The summed E-state index contributed by atoms with van der Waals surface area (Å²) in [7, 11) is 0. The van der Waals surface area contributed by atoms with E-state index in [4.69, 9.17) is 0 Å². The SMILES string of the molecule is CC(C)c1ccc2nnncc2c1. The van der Waals surface area contributed by atoms with Gasteiger partial charge in [-0.2, -0.15) is 0 Å². The highest BCUT2D eigenvalue weighted by Gasteiger charge is 2.00. The van der Waals surface area contributed by atoms with Crippen molar-refractivity contribution >= 4 is 10.9 Å². The molecule has 0 spiro atoms. The number of rotatable bonds is 1. The molecule has 0 amide bonds. The standard InChI is InChI=1S/C10H11N3/c1-7(2)8-3-4-10-9(5-8)6-11-13-12-10/h3-7H,1-2H3. The van der Waals surface area contributed by atoms with Crippen LogP contribution < -0.4 is 0 Å². The Hall–Kier alpha value is -1.51. The van der Waals surface area contributed by atoms with E-state index in [-0.39, 0.29) is 0 Å². The molecule has 0 unspecified atom stereocenters. The number of fused-ring (bicyclic) bond motifs is 1. The number of benzene rings is 1. The highest BCUT2D eigenvalue weighted by molar-refractivity contribution is 5.77. The summed E-state index contributed by atoms with van der Waals surface area (Å²) in [4.78, 5) is 0. The lowest BCUT2D eigenvalue weighted by molar-refractivity contribution is 0.863. The maximum Gasteiger partial charge on any atom is 0.0963 e. The maximum atomic E-state index is 3.92.